The lowest BCUT2D eigenvalue weighted by atomic mass is 10.0. The van der Waals surface area contributed by atoms with E-state index in [0.29, 0.717) is 33.2 Å². The van der Waals surface area contributed by atoms with E-state index in [1.807, 2.05) is 19.1 Å². The monoisotopic (exact) mass is 438 g/mol. The van der Waals surface area contributed by atoms with E-state index in [2.05, 4.69) is 51.0 Å². The van der Waals surface area contributed by atoms with Gasteiger partial charge in [-0.05, 0) is 42.7 Å². The number of amides is 1. The average molecular weight is 439 g/mol. The van der Waals surface area contributed by atoms with Crippen LogP contribution in [0.25, 0.3) is 17.2 Å². The van der Waals surface area contributed by atoms with Crippen LogP contribution in [0, 0.1) is 6.92 Å². The first-order valence-electron chi connectivity index (χ1n) is 9.36. The van der Waals surface area contributed by atoms with Gasteiger partial charge in [0.25, 0.3) is 5.91 Å². The van der Waals surface area contributed by atoms with Crippen LogP contribution in [0.3, 0.4) is 0 Å². The van der Waals surface area contributed by atoms with E-state index in [-0.39, 0.29) is 5.91 Å². The normalized spacial score (nSPS) is 11.1. The first kappa shape index (κ1) is 20.2. The number of carbonyl (C=O) groups excluding carboxylic acids is 1. The molecule has 0 saturated heterocycles. The van der Waals surface area contributed by atoms with Gasteiger partial charge in [-0.25, -0.2) is 4.68 Å². The molecule has 0 fully saturated rings. The highest BCUT2D eigenvalue weighted by atomic mass is 35.5. The van der Waals surface area contributed by atoms with Crippen LogP contribution in [0.4, 0.5) is 5.13 Å². The summed E-state index contributed by atoms with van der Waals surface area (Å²) in [5.41, 5.74) is 3.93. The lowest BCUT2D eigenvalue weighted by molar-refractivity contribution is 0.102. The molecular weight excluding hydrogens is 420 g/mol. The van der Waals surface area contributed by atoms with Gasteiger partial charge in [0.2, 0.25) is 5.13 Å². The first-order valence-corrected chi connectivity index (χ1v) is 10.5. The number of rotatable bonds is 5. The summed E-state index contributed by atoms with van der Waals surface area (Å²) < 4.78 is 6.08. The Bertz CT molecular complexity index is 1200. The third kappa shape index (κ3) is 3.96. The fourth-order valence-electron chi connectivity index (χ4n) is 2.96. The number of anilines is 1. The minimum Gasteiger partial charge on any atom is -0.297 e. The van der Waals surface area contributed by atoms with Gasteiger partial charge in [0, 0.05) is 11.5 Å². The highest BCUT2D eigenvalue weighted by Gasteiger charge is 2.18. The van der Waals surface area contributed by atoms with Crippen LogP contribution in [0.15, 0.2) is 48.5 Å². The van der Waals surface area contributed by atoms with Crippen molar-refractivity contribution >= 4 is 34.2 Å². The van der Waals surface area contributed by atoms with Crippen LogP contribution >= 0.6 is 23.1 Å². The number of nitrogens with one attached hydrogen (secondary N) is 1. The average Bonchev–Trinajstić information content (AvgIpc) is 3.34. The Balaban J connectivity index is 1.55. The molecule has 0 aliphatic heterocycles. The number of hydrogen-bond donors (Lipinski definition) is 1. The topological polar surface area (TPSA) is 85.6 Å². The van der Waals surface area contributed by atoms with E-state index >= 15 is 0 Å². The van der Waals surface area contributed by atoms with Crippen LogP contribution in [-0.2, 0) is 0 Å². The molecule has 0 saturated carbocycles. The van der Waals surface area contributed by atoms with Gasteiger partial charge in [0.1, 0.15) is 0 Å². The van der Waals surface area contributed by atoms with Crippen LogP contribution < -0.4 is 5.32 Å². The fourth-order valence-corrected chi connectivity index (χ4v) is 3.75. The van der Waals surface area contributed by atoms with Gasteiger partial charge in [0.05, 0.1) is 22.0 Å². The molecule has 152 valence electrons. The lowest BCUT2D eigenvalue weighted by Gasteiger charge is -2.07. The Morgan fingerprint density at radius 3 is 2.57 bits per heavy atom. The molecule has 9 heteroatoms. The zero-order valence-electron chi connectivity index (χ0n) is 16.6. The number of carbonyl (C=O) groups is 1. The van der Waals surface area contributed by atoms with Crippen molar-refractivity contribution < 1.29 is 4.79 Å². The van der Waals surface area contributed by atoms with E-state index in [0.717, 1.165) is 22.9 Å². The molecule has 2 aromatic heterocycles. The third-order valence-electron chi connectivity index (χ3n) is 4.68. The van der Waals surface area contributed by atoms with Crippen molar-refractivity contribution in [3.8, 4) is 17.2 Å². The van der Waals surface area contributed by atoms with Crippen molar-refractivity contribution in [2.45, 2.75) is 26.7 Å². The molecule has 0 radical (unpaired) electrons. The number of nitrogens with zero attached hydrogens (tertiary/aromatic N) is 5. The Morgan fingerprint density at radius 1 is 1.13 bits per heavy atom. The largest absolute Gasteiger partial charge is 0.297 e. The Labute approximate surface area is 182 Å². The second kappa shape index (κ2) is 8.33. The Hall–Kier alpha value is -3.10. The molecule has 2 aromatic carbocycles. The van der Waals surface area contributed by atoms with Crippen molar-refractivity contribution in [1.82, 2.24) is 24.4 Å². The molecule has 0 unspecified atom stereocenters. The molecule has 0 bridgehead atoms. The summed E-state index contributed by atoms with van der Waals surface area (Å²) in [7, 11) is 0. The van der Waals surface area contributed by atoms with Gasteiger partial charge in [0.15, 0.2) is 11.5 Å². The summed E-state index contributed by atoms with van der Waals surface area (Å²) in [6, 6.07) is 15.0. The summed E-state index contributed by atoms with van der Waals surface area (Å²) in [5.74, 6) is 0.538. The third-order valence-corrected chi connectivity index (χ3v) is 5.64. The van der Waals surface area contributed by atoms with Gasteiger partial charge in [-0.2, -0.15) is 9.36 Å². The fraction of sp³-hybridized carbons (Fsp3) is 0.190. The summed E-state index contributed by atoms with van der Waals surface area (Å²) >= 11 is 7.16. The van der Waals surface area contributed by atoms with Crippen LogP contribution in [0.1, 0.15) is 41.4 Å². The van der Waals surface area contributed by atoms with Gasteiger partial charge in [-0.1, -0.05) is 54.9 Å². The number of halogens is 1. The molecule has 0 aliphatic carbocycles. The molecule has 2 heterocycles. The molecule has 4 rings (SSSR count). The zero-order valence-corrected chi connectivity index (χ0v) is 18.2. The maximum Gasteiger partial charge on any atom is 0.258 e. The van der Waals surface area contributed by atoms with Crippen LogP contribution in [0.2, 0.25) is 5.02 Å². The summed E-state index contributed by atoms with van der Waals surface area (Å²) in [6.07, 6.45) is 0. The molecule has 1 N–H and O–H groups in total. The molecule has 1 amide bonds. The van der Waals surface area contributed by atoms with Crippen molar-refractivity contribution in [3.63, 3.8) is 0 Å². The maximum atomic E-state index is 12.4. The minimum absolute atomic E-state index is 0.339. The lowest BCUT2D eigenvalue weighted by Crippen LogP contribution is -2.12. The van der Waals surface area contributed by atoms with E-state index < -0.39 is 0 Å². The quantitative estimate of drug-likeness (QED) is 0.467. The smallest absolute Gasteiger partial charge is 0.258 e. The predicted octanol–water partition coefficient (Wildman–Crippen LogP) is 5.12. The van der Waals surface area contributed by atoms with Crippen molar-refractivity contribution in [2.75, 3.05) is 5.32 Å². The van der Waals surface area contributed by atoms with Gasteiger partial charge in [-0.15, -0.1) is 5.10 Å². The summed E-state index contributed by atoms with van der Waals surface area (Å²) in [4.78, 5) is 16.8. The molecule has 30 heavy (non-hydrogen) atoms. The van der Waals surface area contributed by atoms with Gasteiger partial charge in [-0.3, -0.25) is 10.1 Å². The highest BCUT2D eigenvalue weighted by Crippen LogP contribution is 2.25. The molecule has 0 atom stereocenters. The zero-order chi connectivity index (χ0) is 21.3. The van der Waals surface area contributed by atoms with E-state index in [1.165, 1.54) is 5.56 Å². The molecule has 0 aliphatic rings. The Kier molecular flexibility index (Phi) is 5.61. The molecule has 0 spiro atoms. The summed E-state index contributed by atoms with van der Waals surface area (Å²) in [6.45, 7) is 6.22. The molecule has 7 nitrogen and oxygen atoms in total. The first-order chi connectivity index (χ1) is 14.4. The summed E-state index contributed by atoms with van der Waals surface area (Å²) in [5, 5.41) is 12.0. The minimum atomic E-state index is -0.339. The second-order valence-corrected chi connectivity index (χ2v) is 8.20. The van der Waals surface area contributed by atoms with E-state index in [4.69, 9.17) is 11.6 Å². The molecule has 4 aromatic rings. The SMILES string of the molecule is Cc1c(-c2nsc(NC(=O)c3ccccc3Cl)n2)nnn1-c1ccc(C(C)C)cc1. The standard InChI is InChI=1S/C21H19ClN6OS/c1-12(2)14-8-10-15(11-9-14)28-13(3)18(25-27-28)19-23-21(30-26-19)24-20(29)16-6-4-5-7-17(16)22/h4-12H,1-3H3,(H,23,24,26,29). The van der Waals surface area contributed by atoms with Crippen LogP contribution in [-0.4, -0.2) is 30.3 Å². The van der Waals surface area contributed by atoms with Crippen molar-refractivity contribution in [1.29, 1.82) is 0 Å². The highest BCUT2D eigenvalue weighted by molar-refractivity contribution is 7.10. The predicted molar refractivity (Wildman–Crippen MR) is 118 cm³/mol. The maximum absolute atomic E-state index is 12.4. The van der Waals surface area contributed by atoms with Gasteiger partial charge >= 0.3 is 0 Å². The second-order valence-electron chi connectivity index (χ2n) is 7.04. The van der Waals surface area contributed by atoms with Gasteiger partial charge < -0.3 is 0 Å². The van der Waals surface area contributed by atoms with Crippen molar-refractivity contribution in [2.24, 2.45) is 0 Å². The number of benzene rings is 2. The van der Waals surface area contributed by atoms with Crippen molar-refractivity contribution in [3.05, 3.63) is 70.4 Å². The Morgan fingerprint density at radius 2 is 1.87 bits per heavy atom. The van der Waals surface area contributed by atoms with E-state index in [9.17, 15) is 4.79 Å². The number of aromatic nitrogens is 5. The molecular formula is C21H19ClN6OS. The van der Waals surface area contributed by atoms with E-state index in [1.54, 1.807) is 28.9 Å². The van der Waals surface area contributed by atoms with Crippen LogP contribution in [0.5, 0.6) is 0 Å². The number of hydrogen-bond acceptors (Lipinski definition) is 6.